The molecule has 0 radical (unpaired) electrons. The van der Waals surface area contributed by atoms with Crippen molar-refractivity contribution in [1.29, 1.82) is 0 Å². The normalized spacial score (nSPS) is 10.6. The highest BCUT2D eigenvalue weighted by Crippen LogP contribution is 2.12. The van der Waals surface area contributed by atoms with Crippen LogP contribution >= 0.6 is 11.6 Å². The number of amides is 1. The Morgan fingerprint density at radius 2 is 2.00 bits per heavy atom. The van der Waals surface area contributed by atoms with Gasteiger partial charge in [0.25, 0.3) is 0 Å². The molecule has 0 aliphatic rings. The number of alkyl halides is 1. The molecule has 5 heteroatoms. The second-order valence-corrected chi connectivity index (χ2v) is 5.15. The summed E-state index contributed by atoms with van der Waals surface area (Å²) >= 11 is 5.40. The van der Waals surface area contributed by atoms with Gasteiger partial charge in [-0.2, -0.15) is 0 Å². The first-order chi connectivity index (χ1) is 9.61. The molecular weight excluding hydrogens is 276 g/mol. The minimum absolute atomic E-state index is 0.0136. The Kier molecular flexibility index (Phi) is 8.07. The van der Waals surface area contributed by atoms with Crippen LogP contribution < -0.4 is 10.1 Å². The number of nitrogens with one attached hydrogen (secondary N) is 1. The van der Waals surface area contributed by atoms with Crippen LogP contribution in [0.25, 0.3) is 0 Å². The number of hydrogen-bond donors (Lipinski definition) is 1. The standard InChI is InChI=1S/C15H23ClN2O2/c1-18(2)10-3-11-20-14-6-4-13(5-7-14)8-9-17-15(19)12-16/h4-7H,3,8-12H2,1-2H3,(H,17,19). The van der Waals surface area contributed by atoms with E-state index < -0.39 is 0 Å². The molecule has 20 heavy (non-hydrogen) atoms. The molecule has 1 aromatic rings. The molecule has 1 aromatic carbocycles. The lowest BCUT2D eigenvalue weighted by atomic mass is 10.1. The van der Waals surface area contributed by atoms with Crippen molar-refractivity contribution < 1.29 is 9.53 Å². The molecule has 0 saturated carbocycles. The number of carbonyl (C=O) groups is 1. The molecule has 0 aliphatic carbocycles. The average molecular weight is 299 g/mol. The molecule has 112 valence electrons. The molecule has 1 rings (SSSR count). The summed E-state index contributed by atoms with van der Waals surface area (Å²) in [5, 5.41) is 2.74. The minimum Gasteiger partial charge on any atom is -0.494 e. The number of rotatable bonds is 9. The van der Waals surface area contributed by atoms with E-state index in [1.165, 1.54) is 5.56 Å². The van der Waals surface area contributed by atoms with Gasteiger partial charge >= 0.3 is 0 Å². The molecule has 0 fully saturated rings. The fourth-order valence-electron chi connectivity index (χ4n) is 1.72. The Hall–Kier alpha value is -1.26. The van der Waals surface area contributed by atoms with Gasteiger partial charge in [0.2, 0.25) is 5.91 Å². The van der Waals surface area contributed by atoms with Crippen LogP contribution in [0.4, 0.5) is 0 Å². The molecule has 4 nitrogen and oxygen atoms in total. The van der Waals surface area contributed by atoms with Gasteiger partial charge in [-0.3, -0.25) is 4.79 Å². The summed E-state index contributed by atoms with van der Waals surface area (Å²) in [4.78, 5) is 13.1. The lowest BCUT2D eigenvalue weighted by Crippen LogP contribution is -2.26. The van der Waals surface area contributed by atoms with Gasteiger partial charge in [0.15, 0.2) is 0 Å². The highest BCUT2D eigenvalue weighted by atomic mass is 35.5. The third-order valence-corrected chi connectivity index (χ3v) is 3.04. The lowest BCUT2D eigenvalue weighted by Gasteiger charge is -2.10. The monoisotopic (exact) mass is 298 g/mol. The number of hydrogen-bond acceptors (Lipinski definition) is 3. The summed E-state index contributed by atoms with van der Waals surface area (Å²) in [5.74, 6) is 0.768. The van der Waals surface area contributed by atoms with E-state index in [9.17, 15) is 4.79 Å². The second-order valence-electron chi connectivity index (χ2n) is 4.88. The minimum atomic E-state index is -0.132. The second kappa shape index (κ2) is 9.61. The van der Waals surface area contributed by atoms with E-state index in [0.717, 1.165) is 31.7 Å². The van der Waals surface area contributed by atoms with Crippen molar-refractivity contribution in [3.05, 3.63) is 29.8 Å². The summed E-state index contributed by atoms with van der Waals surface area (Å²) in [6.45, 7) is 2.36. The van der Waals surface area contributed by atoms with Crippen LogP contribution in [0, 0.1) is 0 Å². The van der Waals surface area contributed by atoms with E-state index in [0.29, 0.717) is 6.54 Å². The molecule has 0 unspecified atom stereocenters. The average Bonchev–Trinajstić information content (AvgIpc) is 2.44. The van der Waals surface area contributed by atoms with Crippen molar-refractivity contribution in [1.82, 2.24) is 10.2 Å². The SMILES string of the molecule is CN(C)CCCOc1ccc(CCNC(=O)CCl)cc1. The van der Waals surface area contributed by atoms with Crippen LogP contribution in [0.1, 0.15) is 12.0 Å². The zero-order valence-corrected chi connectivity index (χ0v) is 12.9. The molecule has 0 saturated heterocycles. The van der Waals surface area contributed by atoms with Gasteiger partial charge in [0.05, 0.1) is 6.61 Å². The van der Waals surface area contributed by atoms with Gasteiger partial charge in [-0.15, -0.1) is 11.6 Å². The largest absolute Gasteiger partial charge is 0.494 e. The highest BCUT2D eigenvalue weighted by Gasteiger charge is 1.99. The summed E-state index contributed by atoms with van der Waals surface area (Å²) in [6, 6.07) is 7.98. The van der Waals surface area contributed by atoms with Crippen molar-refractivity contribution >= 4 is 17.5 Å². The number of carbonyl (C=O) groups excluding carboxylic acids is 1. The first kappa shape index (κ1) is 16.8. The third kappa shape index (κ3) is 7.36. The van der Waals surface area contributed by atoms with Gasteiger partial charge in [-0.25, -0.2) is 0 Å². The van der Waals surface area contributed by atoms with Crippen LogP contribution in [0.15, 0.2) is 24.3 Å². The molecule has 1 amide bonds. The zero-order valence-electron chi connectivity index (χ0n) is 12.2. The molecule has 1 N–H and O–H groups in total. The molecule has 0 heterocycles. The van der Waals surface area contributed by atoms with Crippen molar-refractivity contribution in [3.63, 3.8) is 0 Å². The predicted octanol–water partition coefficient (Wildman–Crippen LogP) is 1.91. The lowest BCUT2D eigenvalue weighted by molar-refractivity contribution is -0.118. The van der Waals surface area contributed by atoms with Gasteiger partial charge < -0.3 is 15.0 Å². The smallest absolute Gasteiger partial charge is 0.234 e. The van der Waals surface area contributed by atoms with E-state index in [1.807, 2.05) is 24.3 Å². The van der Waals surface area contributed by atoms with E-state index in [1.54, 1.807) is 0 Å². The van der Waals surface area contributed by atoms with Crippen molar-refractivity contribution in [2.24, 2.45) is 0 Å². The maximum atomic E-state index is 11.0. The fraction of sp³-hybridized carbons (Fsp3) is 0.533. The first-order valence-electron chi connectivity index (χ1n) is 6.81. The van der Waals surface area contributed by atoms with E-state index in [-0.39, 0.29) is 11.8 Å². The summed E-state index contributed by atoms with van der Waals surface area (Å²) < 4.78 is 5.66. The predicted molar refractivity (Wildman–Crippen MR) is 82.5 cm³/mol. The third-order valence-electron chi connectivity index (χ3n) is 2.80. The maximum Gasteiger partial charge on any atom is 0.234 e. The molecular formula is C15H23ClN2O2. The molecule has 0 aliphatic heterocycles. The van der Waals surface area contributed by atoms with E-state index >= 15 is 0 Å². The zero-order chi connectivity index (χ0) is 14.8. The van der Waals surface area contributed by atoms with Gasteiger partial charge in [-0.05, 0) is 44.6 Å². The van der Waals surface area contributed by atoms with E-state index in [4.69, 9.17) is 16.3 Å². The fourth-order valence-corrected chi connectivity index (χ4v) is 1.81. The quantitative estimate of drug-likeness (QED) is 0.559. The van der Waals surface area contributed by atoms with Crippen molar-refractivity contribution in [2.75, 3.05) is 39.7 Å². The van der Waals surface area contributed by atoms with Crippen LogP contribution in [-0.4, -0.2) is 50.5 Å². The molecule has 0 spiro atoms. The van der Waals surface area contributed by atoms with Crippen LogP contribution in [0.2, 0.25) is 0 Å². The van der Waals surface area contributed by atoms with Crippen LogP contribution in [-0.2, 0) is 11.2 Å². The van der Waals surface area contributed by atoms with Gasteiger partial charge in [0, 0.05) is 13.1 Å². The number of halogens is 1. The Balaban J connectivity index is 2.24. The number of ether oxygens (including phenoxy) is 1. The summed E-state index contributed by atoms with van der Waals surface area (Å²) in [7, 11) is 4.11. The summed E-state index contributed by atoms with van der Waals surface area (Å²) in [6.07, 6.45) is 1.81. The highest BCUT2D eigenvalue weighted by molar-refractivity contribution is 6.27. The Morgan fingerprint density at radius 1 is 1.30 bits per heavy atom. The molecule has 0 atom stereocenters. The van der Waals surface area contributed by atoms with Crippen molar-refractivity contribution in [3.8, 4) is 5.75 Å². The number of nitrogens with zero attached hydrogens (tertiary/aromatic N) is 1. The topological polar surface area (TPSA) is 41.6 Å². The van der Waals surface area contributed by atoms with Gasteiger partial charge in [-0.1, -0.05) is 12.1 Å². The van der Waals surface area contributed by atoms with Crippen LogP contribution in [0.5, 0.6) is 5.75 Å². The summed E-state index contributed by atoms with van der Waals surface area (Å²) in [5.41, 5.74) is 1.17. The van der Waals surface area contributed by atoms with Crippen LogP contribution in [0.3, 0.4) is 0 Å². The van der Waals surface area contributed by atoms with E-state index in [2.05, 4.69) is 24.3 Å². The molecule has 0 aromatic heterocycles. The Labute approximate surface area is 126 Å². The maximum absolute atomic E-state index is 11.0. The Morgan fingerprint density at radius 3 is 2.60 bits per heavy atom. The number of benzene rings is 1. The van der Waals surface area contributed by atoms with Crippen molar-refractivity contribution in [2.45, 2.75) is 12.8 Å². The molecule has 0 bridgehead atoms. The Bertz CT molecular complexity index is 393. The first-order valence-corrected chi connectivity index (χ1v) is 7.34. The van der Waals surface area contributed by atoms with Gasteiger partial charge in [0.1, 0.15) is 11.6 Å².